The van der Waals surface area contributed by atoms with Gasteiger partial charge in [-0.15, -0.1) is 0 Å². The van der Waals surface area contributed by atoms with Crippen LogP contribution in [0.15, 0.2) is 48.7 Å². The number of nitrogens with zero attached hydrogens (tertiary/aromatic N) is 1. The van der Waals surface area contributed by atoms with Crippen molar-refractivity contribution in [3.63, 3.8) is 0 Å². The van der Waals surface area contributed by atoms with E-state index in [1.54, 1.807) is 6.20 Å². The molecule has 0 saturated carbocycles. The SMILES string of the molecule is Cc1ccc(Cl)c(Oc2ccc3ncccc3c2N)c1. The molecule has 1 heterocycles. The summed E-state index contributed by atoms with van der Waals surface area (Å²) in [6.07, 6.45) is 1.74. The Bertz CT molecular complexity index is 787. The summed E-state index contributed by atoms with van der Waals surface area (Å²) in [6.45, 7) is 1.98. The average Bonchev–Trinajstić information content (AvgIpc) is 2.46. The van der Waals surface area contributed by atoms with E-state index >= 15 is 0 Å². The number of benzene rings is 2. The van der Waals surface area contributed by atoms with Crippen LogP contribution in [0.4, 0.5) is 5.69 Å². The minimum Gasteiger partial charge on any atom is -0.454 e. The van der Waals surface area contributed by atoms with Gasteiger partial charge in [-0.25, -0.2) is 0 Å². The number of ether oxygens (including phenoxy) is 1. The Kier molecular flexibility index (Phi) is 3.20. The first-order valence-corrected chi connectivity index (χ1v) is 6.60. The number of hydrogen-bond acceptors (Lipinski definition) is 3. The Morgan fingerprint density at radius 1 is 1.10 bits per heavy atom. The molecule has 0 saturated heterocycles. The van der Waals surface area contributed by atoms with Gasteiger partial charge in [0.2, 0.25) is 0 Å². The normalized spacial score (nSPS) is 10.7. The quantitative estimate of drug-likeness (QED) is 0.701. The second kappa shape index (κ2) is 5.02. The van der Waals surface area contributed by atoms with Gasteiger partial charge in [-0.1, -0.05) is 17.7 Å². The highest BCUT2D eigenvalue weighted by Gasteiger charge is 2.09. The predicted molar refractivity (Wildman–Crippen MR) is 82.4 cm³/mol. The van der Waals surface area contributed by atoms with Gasteiger partial charge in [0, 0.05) is 11.6 Å². The molecule has 20 heavy (non-hydrogen) atoms. The van der Waals surface area contributed by atoms with Crippen LogP contribution in [0.5, 0.6) is 11.5 Å². The Morgan fingerprint density at radius 2 is 1.95 bits per heavy atom. The van der Waals surface area contributed by atoms with Gasteiger partial charge >= 0.3 is 0 Å². The number of halogens is 1. The summed E-state index contributed by atoms with van der Waals surface area (Å²) in [5, 5.41) is 1.43. The monoisotopic (exact) mass is 284 g/mol. The molecule has 1 aromatic heterocycles. The second-order valence-electron chi connectivity index (χ2n) is 4.58. The van der Waals surface area contributed by atoms with Crippen LogP contribution in [0.3, 0.4) is 0 Å². The number of fused-ring (bicyclic) bond motifs is 1. The molecule has 3 rings (SSSR count). The van der Waals surface area contributed by atoms with Crippen molar-refractivity contribution in [2.45, 2.75) is 6.92 Å². The van der Waals surface area contributed by atoms with Crippen molar-refractivity contribution in [2.24, 2.45) is 0 Å². The molecule has 3 aromatic rings. The van der Waals surface area contributed by atoms with Crippen LogP contribution in [0.2, 0.25) is 5.02 Å². The number of aromatic nitrogens is 1. The van der Waals surface area contributed by atoms with Crippen molar-refractivity contribution in [3.8, 4) is 11.5 Å². The van der Waals surface area contributed by atoms with E-state index in [2.05, 4.69) is 4.98 Å². The maximum atomic E-state index is 6.15. The summed E-state index contributed by atoms with van der Waals surface area (Å²) >= 11 is 6.14. The summed E-state index contributed by atoms with van der Waals surface area (Å²) in [6, 6.07) is 13.1. The maximum Gasteiger partial charge on any atom is 0.151 e. The maximum absolute atomic E-state index is 6.15. The number of rotatable bonds is 2. The van der Waals surface area contributed by atoms with E-state index in [9.17, 15) is 0 Å². The van der Waals surface area contributed by atoms with Crippen LogP contribution in [-0.4, -0.2) is 4.98 Å². The lowest BCUT2D eigenvalue weighted by Gasteiger charge is -2.12. The van der Waals surface area contributed by atoms with Crippen molar-refractivity contribution in [1.82, 2.24) is 4.98 Å². The molecule has 2 aromatic carbocycles. The molecule has 2 N–H and O–H groups in total. The van der Waals surface area contributed by atoms with Crippen LogP contribution in [0, 0.1) is 6.92 Å². The molecule has 0 bridgehead atoms. The van der Waals surface area contributed by atoms with Crippen molar-refractivity contribution in [3.05, 3.63) is 59.2 Å². The average molecular weight is 285 g/mol. The topological polar surface area (TPSA) is 48.1 Å². The summed E-state index contributed by atoms with van der Waals surface area (Å²) < 4.78 is 5.84. The number of anilines is 1. The van der Waals surface area contributed by atoms with Gasteiger partial charge in [0.05, 0.1) is 16.2 Å². The smallest absolute Gasteiger partial charge is 0.151 e. The lowest BCUT2D eigenvalue weighted by atomic mass is 10.1. The van der Waals surface area contributed by atoms with E-state index in [0.29, 0.717) is 22.2 Å². The summed E-state index contributed by atoms with van der Waals surface area (Å²) in [5.74, 6) is 1.18. The van der Waals surface area contributed by atoms with Crippen LogP contribution in [0.25, 0.3) is 10.9 Å². The minimum atomic E-state index is 0.557. The third kappa shape index (κ3) is 2.28. The zero-order valence-electron chi connectivity index (χ0n) is 10.9. The highest BCUT2D eigenvalue weighted by molar-refractivity contribution is 6.32. The number of hydrogen-bond donors (Lipinski definition) is 1. The highest BCUT2D eigenvalue weighted by Crippen LogP contribution is 2.36. The van der Waals surface area contributed by atoms with Crippen LogP contribution < -0.4 is 10.5 Å². The Hall–Kier alpha value is -2.26. The molecule has 0 atom stereocenters. The van der Waals surface area contributed by atoms with E-state index in [-0.39, 0.29) is 0 Å². The van der Waals surface area contributed by atoms with E-state index in [0.717, 1.165) is 16.5 Å². The largest absolute Gasteiger partial charge is 0.454 e. The first kappa shape index (κ1) is 12.8. The van der Waals surface area contributed by atoms with Gasteiger partial charge in [0.15, 0.2) is 5.75 Å². The molecule has 4 heteroatoms. The molecule has 100 valence electrons. The second-order valence-corrected chi connectivity index (χ2v) is 4.99. The molecular formula is C16H13ClN2O. The summed E-state index contributed by atoms with van der Waals surface area (Å²) in [5.41, 5.74) is 8.62. The molecule has 0 unspecified atom stereocenters. The first-order valence-electron chi connectivity index (χ1n) is 6.22. The Balaban J connectivity index is 2.07. The van der Waals surface area contributed by atoms with Crippen molar-refractivity contribution in [1.29, 1.82) is 0 Å². The fraction of sp³-hybridized carbons (Fsp3) is 0.0625. The van der Waals surface area contributed by atoms with Gasteiger partial charge < -0.3 is 10.5 Å². The molecule has 0 radical (unpaired) electrons. The van der Waals surface area contributed by atoms with Crippen molar-refractivity contribution in [2.75, 3.05) is 5.73 Å². The van der Waals surface area contributed by atoms with E-state index in [1.807, 2.05) is 49.4 Å². The summed E-state index contributed by atoms with van der Waals surface area (Å²) in [7, 11) is 0. The van der Waals surface area contributed by atoms with Crippen LogP contribution in [0.1, 0.15) is 5.56 Å². The third-order valence-corrected chi connectivity index (χ3v) is 3.41. The molecule has 3 nitrogen and oxygen atoms in total. The zero-order chi connectivity index (χ0) is 14.1. The molecular weight excluding hydrogens is 272 g/mol. The van der Waals surface area contributed by atoms with Gasteiger partial charge in [-0.3, -0.25) is 4.98 Å². The molecule has 0 amide bonds. The van der Waals surface area contributed by atoms with Crippen LogP contribution in [-0.2, 0) is 0 Å². The van der Waals surface area contributed by atoms with Gasteiger partial charge in [-0.2, -0.15) is 0 Å². The Labute approximate surface area is 122 Å². The lowest BCUT2D eigenvalue weighted by Crippen LogP contribution is -1.95. The zero-order valence-corrected chi connectivity index (χ0v) is 11.7. The molecule has 0 aliphatic carbocycles. The molecule has 0 aliphatic rings. The fourth-order valence-corrected chi connectivity index (χ4v) is 2.21. The number of aryl methyl sites for hydroxylation is 1. The predicted octanol–water partition coefficient (Wildman–Crippen LogP) is 4.57. The van der Waals surface area contributed by atoms with E-state index in [4.69, 9.17) is 22.1 Å². The minimum absolute atomic E-state index is 0.557. The highest BCUT2D eigenvalue weighted by atomic mass is 35.5. The van der Waals surface area contributed by atoms with Crippen molar-refractivity contribution >= 4 is 28.2 Å². The molecule has 0 spiro atoms. The number of nitrogens with two attached hydrogens (primary N) is 1. The molecule has 0 fully saturated rings. The standard InChI is InChI=1S/C16H13ClN2O/c1-10-4-5-12(17)15(9-10)20-14-7-6-13-11(16(14)18)3-2-8-19-13/h2-9H,18H2,1H3. The summed E-state index contributed by atoms with van der Waals surface area (Å²) in [4.78, 5) is 4.26. The van der Waals surface area contributed by atoms with E-state index in [1.165, 1.54) is 0 Å². The fourth-order valence-electron chi connectivity index (χ4n) is 2.05. The first-order chi connectivity index (χ1) is 9.65. The molecule has 0 aliphatic heterocycles. The van der Waals surface area contributed by atoms with Crippen LogP contribution >= 0.6 is 11.6 Å². The number of nitrogen functional groups attached to an aromatic ring is 1. The van der Waals surface area contributed by atoms with Gasteiger partial charge in [-0.05, 0) is 48.9 Å². The Morgan fingerprint density at radius 3 is 2.80 bits per heavy atom. The number of pyridine rings is 1. The van der Waals surface area contributed by atoms with Gasteiger partial charge in [0.1, 0.15) is 5.75 Å². The van der Waals surface area contributed by atoms with Crippen molar-refractivity contribution < 1.29 is 4.74 Å². The van der Waals surface area contributed by atoms with E-state index < -0.39 is 0 Å². The van der Waals surface area contributed by atoms with Gasteiger partial charge in [0.25, 0.3) is 0 Å². The third-order valence-electron chi connectivity index (χ3n) is 3.09. The lowest BCUT2D eigenvalue weighted by molar-refractivity contribution is 0.485.